The first-order chi connectivity index (χ1) is 8.92. The van der Waals surface area contributed by atoms with Gasteiger partial charge in [0.1, 0.15) is 16.1 Å². The molecule has 7 heteroatoms. The minimum absolute atomic E-state index is 0.0666. The van der Waals surface area contributed by atoms with Crippen LogP contribution in [0.3, 0.4) is 0 Å². The van der Waals surface area contributed by atoms with Gasteiger partial charge >= 0.3 is 0 Å². The van der Waals surface area contributed by atoms with Crippen molar-refractivity contribution in [3.63, 3.8) is 0 Å². The highest BCUT2D eigenvalue weighted by molar-refractivity contribution is 7.92. The van der Waals surface area contributed by atoms with Crippen molar-refractivity contribution >= 4 is 32.6 Å². The third-order valence-corrected chi connectivity index (χ3v) is 4.59. The van der Waals surface area contributed by atoms with Gasteiger partial charge < -0.3 is 10.2 Å². The number of hydrogen-bond donors (Lipinski definition) is 2. The average molecular weight is 278 g/mol. The molecule has 0 amide bonds. The maximum atomic E-state index is 12.0. The number of phenolic OH excluding ortho intramolecular Hbond substituents is 2. The fourth-order valence-electron chi connectivity index (χ4n) is 2.11. The third kappa shape index (κ3) is 1.58. The first kappa shape index (κ1) is 11.9. The Balaban J connectivity index is 2.59. The van der Waals surface area contributed by atoms with E-state index in [9.17, 15) is 18.6 Å². The van der Waals surface area contributed by atoms with E-state index >= 15 is 0 Å². The van der Waals surface area contributed by atoms with Crippen molar-refractivity contribution in [3.05, 3.63) is 17.8 Å². The zero-order chi connectivity index (χ0) is 13.8. The number of benzene rings is 1. The van der Waals surface area contributed by atoms with Gasteiger partial charge in [-0.05, 0) is 19.1 Å². The first-order valence-corrected chi connectivity index (χ1v) is 7.17. The lowest BCUT2D eigenvalue weighted by molar-refractivity contribution is 0.455. The van der Waals surface area contributed by atoms with Crippen molar-refractivity contribution < 1.29 is 18.6 Å². The van der Waals surface area contributed by atoms with Crippen molar-refractivity contribution in [1.29, 1.82) is 0 Å². The van der Waals surface area contributed by atoms with Crippen molar-refractivity contribution in [1.82, 2.24) is 4.98 Å². The summed E-state index contributed by atoms with van der Waals surface area (Å²) in [4.78, 5) is 7.61. The highest BCUT2D eigenvalue weighted by Crippen LogP contribution is 2.47. The summed E-state index contributed by atoms with van der Waals surface area (Å²) >= 11 is 0. The van der Waals surface area contributed by atoms with Crippen molar-refractivity contribution in [3.8, 4) is 11.5 Å². The molecule has 0 saturated heterocycles. The topological polar surface area (TPSA) is 99.9 Å². The maximum absolute atomic E-state index is 12.0. The normalized spacial score (nSPS) is 16.5. The molecule has 3 rings (SSSR count). The molecule has 1 aliphatic rings. The Hall–Kier alpha value is -2.15. The Morgan fingerprint density at radius 2 is 1.95 bits per heavy atom. The predicted molar refractivity (Wildman–Crippen MR) is 70.0 cm³/mol. The molecule has 1 aliphatic heterocycles. The number of nitrogens with zero attached hydrogens (tertiary/aromatic N) is 2. The molecule has 0 spiro atoms. The van der Waals surface area contributed by atoms with Gasteiger partial charge in [0.05, 0.1) is 5.75 Å². The minimum atomic E-state index is -3.70. The van der Waals surface area contributed by atoms with Crippen LogP contribution in [0.4, 0.5) is 5.69 Å². The summed E-state index contributed by atoms with van der Waals surface area (Å²) in [7, 11) is -3.70. The first-order valence-electron chi connectivity index (χ1n) is 5.52. The van der Waals surface area contributed by atoms with Gasteiger partial charge in [0.2, 0.25) is 0 Å². The molecule has 0 saturated carbocycles. The molecule has 98 valence electrons. The smallest absolute Gasteiger partial charge is 0.189 e. The lowest BCUT2D eigenvalue weighted by Crippen LogP contribution is -2.12. The molecular formula is C12H10N2O4S. The van der Waals surface area contributed by atoms with Crippen LogP contribution >= 0.6 is 0 Å². The quantitative estimate of drug-likeness (QED) is 0.710. The second-order valence-electron chi connectivity index (χ2n) is 4.32. The highest BCUT2D eigenvalue weighted by Gasteiger charge is 2.31. The summed E-state index contributed by atoms with van der Waals surface area (Å²) in [6.45, 7) is 1.71. The SMILES string of the molecule is Cc1ccc2c(O)c3c(c(O)c2n1)S(=O)(=O)CC=N3. The van der Waals surface area contributed by atoms with E-state index in [4.69, 9.17) is 0 Å². The van der Waals surface area contributed by atoms with Gasteiger partial charge in [-0.1, -0.05) is 0 Å². The fraction of sp³-hybridized carbons (Fsp3) is 0.167. The molecule has 2 aromatic rings. The van der Waals surface area contributed by atoms with Crippen LogP contribution in [0.25, 0.3) is 10.9 Å². The molecule has 0 aliphatic carbocycles. The molecule has 1 aromatic heterocycles. The van der Waals surface area contributed by atoms with E-state index in [1.54, 1.807) is 19.1 Å². The fourth-order valence-corrected chi connectivity index (χ4v) is 3.38. The number of aromatic hydroxyl groups is 2. The molecule has 0 atom stereocenters. The van der Waals surface area contributed by atoms with Crippen LogP contribution in [0.1, 0.15) is 5.69 Å². The Bertz CT molecular complexity index is 841. The van der Waals surface area contributed by atoms with Gasteiger partial charge in [0, 0.05) is 17.3 Å². The van der Waals surface area contributed by atoms with E-state index in [1.165, 1.54) is 6.21 Å². The number of rotatable bonds is 0. The number of phenols is 2. The third-order valence-electron chi connectivity index (χ3n) is 2.99. The Morgan fingerprint density at radius 1 is 1.21 bits per heavy atom. The molecule has 1 aromatic carbocycles. The molecule has 2 N–H and O–H groups in total. The highest BCUT2D eigenvalue weighted by atomic mass is 32.2. The van der Waals surface area contributed by atoms with E-state index in [1.807, 2.05) is 0 Å². The van der Waals surface area contributed by atoms with Crippen LogP contribution in [-0.4, -0.2) is 35.6 Å². The summed E-state index contributed by atoms with van der Waals surface area (Å²) in [6.07, 6.45) is 1.20. The van der Waals surface area contributed by atoms with E-state index in [0.29, 0.717) is 5.69 Å². The van der Waals surface area contributed by atoms with Crippen molar-refractivity contribution in [2.45, 2.75) is 11.8 Å². The van der Waals surface area contributed by atoms with Gasteiger partial charge in [-0.3, -0.25) is 4.99 Å². The molecule has 0 bridgehead atoms. The number of aliphatic imine (C=N–C) groups is 1. The van der Waals surface area contributed by atoms with Crippen LogP contribution in [0.5, 0.6) is 11.5 Å². The molecule has 6 nitrogen and oxygen atoms in total. The summed E-state index contributed by atoms with van der Waals surface area (Å²) in [5, 5.41) is 20.5. The Morgan fingerprint density at radius 3 is 2.68 bits per heavy atom. The lowest BCUT2D eigenvalue weighted by Gasteiger charge is -2.16. The van der Waals surface area contributed by atoms with Crippen LogP contribution in [0.15, 0.2) is 22.0 Å². The average Bonchev–Trinajstić information content (AvgIpc) is 2.34. The van der Waals surface area contributed by atoms with Crippen LogP contribution in [-0.2, 0) is 9.84 Å². The molecule has 0 fully saturated rings. The Kier molecular flexibility index (Phi) is 2.30. The van der Waals surface area contributed by atoms with E-state index < -0.39 is 15.6 Å². The van der Waals surface area contributed by atoms with E-state index in [2.05, 4.69) is 9.98 Å². The van der Waals surface area contributed by atoms with Crippen molar-refractivity contribution in [2.24, 2.45) is 4.99 Å². The number of aromatic nitrogens is 1. The van der Waals surface area contributed by atoms with Gasteiger partial charge in [0.25, 0.3) is 0 Å². The number of hydrogen-bond acceptors (Lipinski definition) is 6. The van der Waals surface area contributed by atoms with Crippen molar-refractivity contribution in [2.75, 3.05) is 5.75 Å². The van der Waals surface area contributed by atoms with Gasteiger partial charge in [-0.25, -0.2) is 13.4 Å². The standard InChI is InChI=1S/C12H10N2O4S/c1-6-2-3-7-8(14-6)11(16)12-9(10(7)15)13-4-5-19(12,17)18/h2-4,15-16H,5H2,1H3. The maximum Gasteiger partial charge on any atom is 0.189 e. The largest absolute Gasteiger partial charge is 0.505 e. The monoisotopic (exact) mass is 278 g/mol. The van der Waals surface area contributed by atoms with E-state index in [0.717, 1.165) is 0 Å². The second-order valence-corrected chi connectivity index (χ2v) is 6.29. The Labute approximate surface area is 109 Å². The molecule has 0 radical (unpaired) electrons. The summed E-state index contributed by atoms with van der Waals surface area (Å²) < 4.78 is 24.0. The molecule has 19 heavy (non-hydrogen) atoms. The predicted octanol–water partition coefficient (Wildman–Crippen LogP) is 1.44. The van der Waals surface area contributed by atoms with Gasteiger partial charge in [0.15, 0.2) is 21.3 Å². The number of sulfone groups is 1. The number of aryl methyl sites for hydroxylation is 1. The minimum Gasteiger partial charge on any atom is -0.505 e. The van der Waals surface area contributed by atoms with Gasteiger partial charge in [-0.2, -0.15) is 0 Å². The summed E-state index contributed by atoms with van der Waals surface area (Å²) in [6, 6.07) is 3.23. The summed E-state index contributed by atoms with van der Waals surface area (Å²) in [5.74, 6) is -1.04. The molecule has 0 unspecified atom stereocenters. The molecule has 2 heterocycles. The van der Waals surface area contributed by atoms with Crippen LogP contribution in [0.2, 0.25) is 0 Å². The van der Waals surface area contributed by atoms with Crippen LogP contribution in [0, 0.1) is 6.92 Å². The number of fused-ring (bicyclic) bond motifs is 2. The molecular weight excluding hydrogens is 268 g/mol. The zero-order valence-corrected chi connectivity index (χ0v) is 10.8. The van der Waals surface area contributed by atoms with E-state index in [-0.39, 0.29) is 33.0 Å². The van der Waals surface area contributed by atoms with Gasteiger partial charge in [-0.15, -0.1) is 0 Å². The van der Waals surface area contributed by atoms with Crippen LogP contribution < -0.4 is 0 Å². The summed E-state index contributed by atoms with van der Waals surface area (Å²) in [5.41, 5.74) is 0.553. The lowest BCUT2D eigenvalue weighted by atomic mass is 10.1. The number of pyridine rings is 1. The second kappa shape index (κ2) is 3.67. The zero-order valence-electron chi connectivity index (χ0n) is 9.95.